The third-order valence-electron chi connectivity index (χ3n) is 3.54. The van der Waals surface area contributed by atoms with Crippen molar-refractivity contribution in [2.45, 2.75) is 19.9 Å². The van der Waals surface area contributed by atoms with Crippen molar-refractivity contribution >= 4 is 28.9 Å². The van der Waals surface area contributed by atoms with Crippen LogP contribution in [0.5, 0.6) is 0 Å². The van der Waals surface area contributed by atoms with Gasteiger partial charge in [-0.15, -0.1) is 0 Å². The predicted molar refractivity (Wildman–Crippen MR) is 82.4 cm³/mol. The second kappa shape index (κ2) is 4.84. The lowest BCUT2D eigenvalue weighted by Gasteiger charge is -2.16. The van der Waals surface area contributed by atoms with Gasteiger partial charge >= 0.3 is 0 Å². The highest BCUT2D eigenvalue weighted by Gasteiger charge is 2.30. The number of amides is 1. The highest BCUT2D eigenvalue weighted by molar-refractivity contribution is 6.31. The van der Waals surface area contributed by atoms with Gasteiger partial charge < -0.3 is 10.6 Å². The molecule has 0 bridgehead atoms. The molecule has 1 aliphatic rings. The zero-order valence-corrected chi connectivity index (χ0v) is 12.1. The Kier molecular flexibility index (Phi) is 3.14. The molecule has 0 fully saturated rings. The molecule has 1 amide bonds. The minimum Gasteiger partial charge on any atom is -0.370 e. The summed E-state index contributed by atoms with van der Waals surface area (Å²) in [5.41, 5.74) is 4.95. The van der Waals surface area contributed by atoms with Gasteiger partial charge in [0.15, 0.2) is 0 Å². The van der Waals surface area contributed by atoms with E-state index < -0.39 is 6.04 Å². The lowest BCUT2D eigenvalue weighted by atomic mass is 10.1. The molecule has 102 valence electrons. The average molecular weight is 287 g/mol. The molecule has 0 saturated carbocycles. The molecule has 0 aliphatic carbocycles. The van der Waals surface area contributed by atoms with Gasteiger partial charge in [-0.2, -0.15) is 0 Å². The van der Waals surface area contributed by atoms with Gasteiger partial charge in [-0.1, -0.05) is 23.7 Å². The lowest BCUT2D eigenvalue weighted by Crippen LogP contribution is -2.20. The van der Waals surface area contributed by atoms with E-state index in [4.69, 9.17) is 11.6 Å². The fourth-order valence-electron chi connectivity index (χ4n) is 2.42. The third kappa shape index (κ3) is 2.25. The van der Waals surface area contributed by atoms with Gasteiger partial charge in [0.1, 0.15) is 6.04 Å². The van der Waals surface area contributed by atoms with Gasteiger partial charge in [0.2, 0.25) is 0 Å². The van der Waals surface area contributed by atoms with E-state index >= 15 is 0 Å². The summed E-state index contributed by atoms with van der Waals surface area (Å²) in [6.07, 6.45) is 0. The maximum Gasteiger partial charge on any atom is 0.251 e. The maximum absolute atomic E-state index is 12.1. The van der Waals surface area contributed by atoms with Crippen LogP contribution in [-0.2, 0) is 4.79 Å². The van der Waals surface area contributed by atoms with E-state index in [1.807, 2.05) is 38.1 Å². The minimum absolute atomic E-state index is 0.0526. The van der Waals surface area contributed by atoms with Crippen molar-refractivity contribution in [1.29, 1.82) is 0 Å². The Morgan fingerprint density at radius 3 is 2.75 bits per heavy atom. The van der Waals surface area contributed by atoms with Gasteiger partial charge in [-0.25, -0.2) is 0 Å². The average Bonchev–Trinajstić information content (AvgIpc) is 2.70. The van der Waals surface area contributed by atoms with Gasteiger partial charge in [0.05, 0.1) is 0 Å². The molecule has 1 atom stereocenters. The van der Waals surface area contributed by atoms with E-state index in [2.05, 4.69) is 16.7 Å². The zero-order chi connectivity index (χ0) is 14.3. The van der Waals surface area contributed by atoms with Crippen LogP contribution in [0.3, 0.4) is 0 Å². The Bertz CT molecular complexity index is 697. The molecule has 3 rings (SSSR count). The van der Waals surface area contributed by atoms with Crippen molar-refractivity contribution < 1.29 is 4.79 Å². The first-order valence-corrected chi connectivity index (χ1v) is 6.86. The number of fused-ring (bicyclic) bond motifs is 1. The first-order chi connectivity index (χ1) is 9.54. The van der Waals surface area contributed by atoms with Crippen molar-refractivity contribution in [1.82, 2.24) is 0 Å². The maximum atomic E-state index is 12.1. The highest BCUT2D eigenvalue weighted by Crippen LogP contribution is 2.35. The number of nitrogens with one attached hydrogen (secondary N) is 2. The van der Waals surface area contributed by atoms with Gasteiger partial charge in [0, 0.05) is 22.0 Å². The van der Waals surface area contributed by atoms with Crippen LogP contribution in [0.2, 0.25) is 5.02 Å². The highest BCUT2D eigenvalue weighted by atomic mass is 35.5. The molecule has 4 heteroatoms. The van der Waals surface area contributed by atoms with Crippen LogP contribution < -0.4 is 10.6 Å². The van der Waals surface area contributed by atoms with E-state index in [1.54, 1.807) is 6.07 Å². The topological polar surface area (TPSA) is 41.1 Å². The van der Waals surface area contributed by atoms with E-state index in [0.717, 1.165) is 28.1 Å². The van der Waals surface area contributed by atoms with Crippen LogP contribution in [0.15, 0.2) is 36.4 Å². The van der Waals surface area contributed by atoms with Crippen LogP contribution in [0.4, 0.5) is 11.4 Å². The van der Waals surface area contributed by atoms with Gasteiger partial charge in [0.25, 0.3) is 5.91 Å². The molecule has 2 aromatic carbocycles. The molecule has 1 aliphatic heterocycles. The SMILES string of the molecule is Cc1ccc(C)c(NC2C(=O)Nc3ccc(Cl)cc32)c1. The van der Waals surface area contributed by atoms with Crippen molar-refractivity contribution in [2.24, 2.45) is 0 Å². The second-order valence-electron chi connectivity index (χ2n) is 5.12. The summed E-state index contributed by atoms with van der Waals surface area (Å²) >= 11 is 6.03. The summed E-state index contributed by atoms with van der Waals surface area (Å²) < 4.78 is 0. The Balaban J connectivity index is 1.97. The van der Waals surface area contributed by atoms with Crippen molar-refractivity contribution in [3.8, 4) is 0 Å². The summed E-state index contributed by atoms with van der Waals surface area (Å²) in [5, 5.41) is 6.81. The molecule has 0 saturated heterocycles. The Morgan fingerprint density at radius 1 is 1.15 bits per heavy atom. The zero-order valence-electron chi connectivity index (χ0n) is 11.3. The Labute approximate surface area is 123 Å². The van der Waals surface area contributed by atoms with Crippen molar-refractivity contribution in [3.05, 3.63) is 58.1 Å². The van der Waals surface area contributed by atoms with E-state index in [-0.39, 0.29) is 5.91 Å². The van der Waals surface area contributed by atoms with Crippen molar-refractivity contribution in [3.63, 3.8) is 0 Å². The van der Waals surface area contributed by atoms with E-state index in [1.165, 1.54) is 0 Å². The van der Waals surface area contributed by atoms with Crippen LogP contribution in [0.1, 0.15) is 22.7 Å². The van der Waals surface area contributed by atoms with Gasteiger partial charge in [-0.3, -0.25) is 4.79 Å². The Morgan fingerprint density at radius 2 is 1.95 bits per heavy atom. The normalized spacial score (nSPS) is 16.8. The van der Waals surface area contributed by atoms with Crippen LogP contribution in [-0.4, -0.2) is 5.91 Å². The number of aryl methyl sites for hydroxylation is 2. The van der Waals surface area contributed by atoms with Crippen LogP contribution >= 0.6 is 11.6 Å². The number of carbonyl (C=O) groups is 1. The first-order valence-electron chi connectivity index (χ1n) is 6.49. The summed E-state index contributed by atoms with van der Waals surface area (Å²) in [4.78, 5) is 12.1. The van der Waals surface area contributed by atoms with Crippen LogP contribution in [0.25, 0.3) is 0 Å². The fraction of sp³-hybridized carbons (Fsp3) is 0.188. The smallest absolute Gasteiger partial charge is 0.251 e. The molecule has 2 aromatic rings. The number of halogens is 1. The summed E-state index contributed by atoms with van der Waals surface area (Å²) in [5.74, 6) is -0.0526. The lowest BCUT2D eigenvalue weighted by molar-refractivity contribution is -0.116. The summed E-state index contributed by atoms with van der Waals surface area (Å²) in [7, 11) is 0. The predicted octanol–water partition coefficient (Wildman–Crippen LogP) is 4.06. The monoisotopic (exact) mass is 286 g/mol. The number of benzene rings is 2. The molecular weight excluding hydrogens is 272 g/mol. The molecule has 1 unspecified atom stereocenters. The van der Waals surface area contributed by atoms with Gasteiger partial charge in [-0.05, 0) is 49.2 Å². The number of hydrogen-bond donors (Lipinski definition) is 2. The molecule has 1 heterocycles. The van der Waals surface area contributed by atoms with Crippen LogP contribution in [0, 0.1) is 13.8 Å². The number of hydrogen-bond acceptors (Lipinski definition) is 2. The quantitative estimate of drug-likeness (QED) is 0.874. The Hall–Kier alpha value is -2.00. The molecule has 20 heavy (non-hydrogen) atoms. The standard InChI is InChI=1S/C16H15ClN2O/c1-9-3-4-10(2)14(7-9)18-15-12-8-11(17)5-6-13(12)19-16(15)20/h3-8,15,18H,1-2H3,(H,19,20). The largest absolute Gasteiger partial charge is 0.370 e. The molecule has 0 radical (unpaired) electrons. The number of rotatable bonds is 2. The third-order valence-corrected chi connectivity index (χ3v) is 3.77. The second-order valence-corrected chi connectivity index (χ2v) is 5.55. The first kappa shape index (κ1) is 13.0. The van der Waals surface area contributed by atoms with E-state index in [9.17, 15) is 4.79 Å². The molecular formula is C16H15ClN2O. The minimum atomic E-state index is -0.399. The summed E-state index contributed by atoms with van der Waals surface area (Å²) in [6.45, 7) is 4.05. The number of carbonyl (C=O) groups excluding carboxylic acids is 1. The number of anilines is 2. The summed E-state index contributed by atoms with van der Waals surface area (Å²) in [6, 6.07) is 11.2. The fourth-order valence-corrected chi connectivity index (χ4v) is 2.60. The van der Waals surface area contributed by atoms with E-state index in [0.29, 0.717) is 5.02 Å². The molecule has 0 spiro atoms. The molecule has 0 aromatic heterocycles. The van der Waals surface area contributed by atoms with Crippen molar-refractivity contribution in [2.75, 3.05) is 10.6 Å². The molecule has 3 nitrogen and oxygen atoms in total. The molecule has 2 N–H and O–H groups in total.